The van der Waals surface area contributed by atoms with E-state index >= 15 is 0 Å². The van der Waals surface area contributed by atoms with Crippen LogP contribution >= 0.6 is 11.8 Å². The summed E-state index contributed by atoms with van der Waals surface area (Å²) in [5.74, 6) is 1.24. The molecule has 1 N–H and O–H groups in total. The molecule has 1 fully saturated rings. The average molecular weight is 219 g/mol. The number of hydrogen-bond acceptors (Lipinski definition) is 2. The van der Waals surface area contributed by atoms with Crippen LogP contribution in [0.15, 0.2) is 23.1 Å². The quantitative estimate of drug-likeness (QED) is 0.821. The standard InChI is InChI=1S/C13H17NS/c1-9-3-2-4-10-7-12(8-15-13(9)10)14-11-5-6-11/h2-4,11-12,14H,5-8H2,1H3. The van der Waals surface area contributed by atoms with Crippen LogP contribution in [0.25, 0.3) is 0 Å². The van der Waals surface area contributed by atoms with Crippen LogP contribution in [0.2, 0.25) is 0 Å². The molecular formula is C13H17NS. The zero-order valence-electron chi connectivity index (χ0n) is 9.12. The Morgan fingerprint density at radius 2 is 2.13 bits per heavy atom. The van der Waals surface area contributed by atoms with Gasteiger partial charge in [-0.05, 0) is 37.3 Å². The molecule has 1 aromatic rings. The van der Waals surface area contributed by atoms with Gasteiger partial charge < -0.3 is 5.32 Å². The van der Waals surface area contributed by atoms with E-state index in [0.717, 1.165) is 6.04 Å². The van der Waals surface area contributed by atoms with Crippen LogP contribution in [-0.4, -0.2) is 17.8 Å². The van der Waals surface area contributed by atoms with Gasteiger partial charge in [-0.3, -0.25) is 0 Å². The highest BCUT2D eigenvalue weighted by Crippen LogP contribution is 2.33. The summed E-state index contributed by atoms with van der Waals surface area (Å²) in [6.07, 6.45) is 4.00. The number of hydrogen-bond donors (Lipinski definition) is 1. The number of thioether (sulfide) groups is 1. The Morgan fingerprint density at radius 1 is 1.27 bits per heavy atom. The lowest BCUT2D eigenvalue weighted by atomic mass is 10.0. The van der Waals surface area contributed by atoms with Crippen LogP contribution in [0, 0.1) is 6.92 Å². The lowest BCUT2D eigenvalue weighted by Gasteiger charge is -2.26. The monoisotopic (exact) mass is 219 g/mol. The first kappa shape index (κ1) is 9.73. The van der Waals surface area contributed by atoms with Crippen molar-refractivity contribution in [2.75, 3.05) is 5.75 Å². The summed E-state index contributed by atoms with van der Waals surface area (Å²) in [5.41, 5.74) is 2.99. The van der Waals surface area contributed by atoms with E-state index < -0.39 is 0 Å². The van der Waals surface area contributed by atoms with Gasteiger partial charge in [0, 0.05) is 22.7 Å². The zero-order chi connectivity index (χ0) is 10.3. The molecule has 0 spiro atoms. The molecule has 1 saturated carbocycles. The third kappa shape index (κ3) is 2.06. The lowest BCUT2D eigenvalue weighted by Crippen LogP contribution is -2.37. The first-order valence-corrected chi connectivity index (χ1v) is 6.79. The molecular weight excluding hydrogens is 202 g/mol. The maximum Gasteiger partial charge on any atom is 0.0205 e. The van der Waals surface area contributed by atoms with E-state index in [9.17, 15) is 0 Å². The molecule has 1 aliphatic carbocycles. The Labute approximate surface area is 95.6 Å². The zero-order valence-corrected chi connectivity index (χ0v) is 9.94. The fourth-order valence-corrected chi connectivity index (χ4v) is 3.49. The van der Waals surface area contributed by atoms with Crippen molar-refractivity contribution < 1.29 is 0 Å². The highest BCUT2D eigenvalue weighted by Gasteiger charge is 2.27. The van der Waals surface area contributed by atoms with Gasteiger partial charge in [-0.25, -0.2) is 0 Å². The van der Waals surface area contributed by atoms with Gasteiger partial charge >= 0.3 is 0 Å². The lowest BCUT2D eigenvalue weighted by molar-refractivity contribution is 0.540. The Balaban J connectivity index is 1.77. The molecule has 1 heterocycles. The highest BCUT2D eigenvalue weighted by atomic mass is 32.2. The fourth-order valence-electron chi connectivity index (χ4n) is 2.28. The van der Waals surface area contributed by atoms with Crippen molar-refractivity contribution >= 4 is 11.8 Å². The van der Waals surface area contributed by atoms with Crippen molar-refractivity contribution in [2.45, 2.75) is 43.2 Å². The van der Waals surface area contributed by atoms with E-state index in [1.165, 1.54) is 35.5 Å². The first-order chi connectivity index (χ1) is 7.33. The summed E-state index contributed by atoms with van der Waals surface area (Å²) in [6, 6.07) is 8.24. The Kier molecular flexibility index (Phi) is 2.49. The minimum atomic E-state index is 0.705. The van der Waals surface area contributed by atoms with Gasteiger partial charge in [-0.1, -0.05) is 18.2 Å². The predicted molar refractivity (Wildman–Crippen MR) is 65.6 cm³/mol. The SMILES string of the molecule is Cc1cccc2c1SCC(NC1CC1)C2. The Bertz CT molecular complexity index is 371. The summed E-state index contributed by atoms with van der Waals surface area (Å²) in [5, 5.41) is 3.73. The van der Waals surface area contributed by atoms with Crippen LogP contribution in [0.3, 0.4) is 0 Å². The molecule has 15 heavy (non-hydrogen) atoms. The van der Waals surface area contributed by atoms with Crippen molar-refractivity contribution in [1.82, 2.24) is 5.32 Å². The second kappa shape index (κ2) is 3.84. The smallest absolute Gasteiger partial charge is 0.0205 e. The van der Waals surface area contributed by atoms with E-state index in [1.807, 2.05) is 11.8 Å². The Morgan fingerprint density at radius 3 is 2.93 bits per heavy atom. The topological polar surface area (TPSA) is 12.0 Å². The molecule has 2 heteroatoms. The van der Waals surface area contributed by atoms with Gasteiger partial charge in [0.1, 0.15) is 0 Å². The van der Waals surface area contributed by atoms with Gasteiger partial charge in [-0.2, -0.15) is 0 Å². The second-order valence-electron chi connectivity index (χ2n) is 4.72. The van der Waals surface area contributed by atoms with Gasteiger partial charge in [0.2, 0.25) is 0 Å². The van der Waals surface area contributed by atoms with E-state index in [0.29, 0.717) is 6.04 Å². The van der Waals surface area contributed by atoms with Crippen LogP contribution in [0.1, 0.15) is 24.0 Å². The summed E-state index contributed by atoms with van der Waals surface area (Å²) < 4.78 is 0. The average Bonchev–Trinajstić information content (AvgIpc) is 3.02. The van der Waals surface area contributed by atoms with Gasteiger partial charge in [0.25, 0.3) is 0 Å². The van der Waals surface area contributed by atoms with Crippen LogP contribution in [-0.2, 0) is 6.42 Å². The largest absolute Gasteiger partial charge is 0.310 e. The molecule has 1 atom stereocenters. The van der Waals surface area contributed by atoms with Crippen LogP contribution in [0.5, 0.6) is 0 Å². The van der Waals surface area contributed by atoms with E-state index in [-0.39, 0.29) is 0 Å². The van der Waals surface area contributed by atoms with Crippen LogP contribution < -0.4 is 5.32 Å². The van der Waals surface area contributed by atoms with Crippen molar-refractivity contribution in [3.63, 3.8) is 0 Å². The molecule has 0 radical (unpaired) electrons. The van der Waals surface area contributed by atoms with Gasteiger partial charge in [0.05, 0.1) is 0 Å². The molecule has 0 saturated heterocycles. The molecule has 1 nitrogen and oxygen atoms in total. The molecule has 80 valence electrons. The predicted octanol–water partition coefficient (Wildman–Crippen LogP) is 2.76. The second-order valence-corrected chi connectivity index (χ2v) is 5.75. The molecule has 2 aliphatic rings. The normalized spacial score (nSPS) is 25.0. The molecule has 0 bridgehead atoms. The van der Waals surface area contributed by atoms with Crippen molar-refractivity contribution in [3.8, 4) is 0 Å². The minimum absolute atomic E-state index is 0.705. The minimum Gasteiger partial charge on any atom is -0.310 e. The number of nitrogens with one attached hydrogen (secondary N) is 1. The fraction of sp³-hybridized carbons (Fsp3) is 0.538. The van der Waals surface area contributed by atoms with Crippen molar-refractivity contribution in [1.29, 1.82) is 0 Å². The van der Waals surface area contributed by atoms with E-state index in [2.05, 4.69) is 30.4 Å². The molecule has 1 aromatic carbocycles. The van der Waals surface area contributed by atoms with E-state index in [1.54, 1.807) is 5.56 Å². The number of aryl methyl sites for hydroxylation is 1. The maximum atomic E-state index is 3.73. The van der Waals surface area contributed by atoms with Crippen molar-refractivity contribution in [3.05, 3.63) is 29.3 Å². The molecule has 0 amide bonds. The number of benzene rings is 1. The molecule has 1 unspecified atom stereocenters. The summed E-state index contributed by atoms with van der Waals surface area (Å²) >= 11 is 2.03. The van der Waals surface area contributed by atoms with Crippen molar-refractivity contribution in [2.24, 2.45) is 0 Å². The summed E-state index contributed by atoms with van der Waals surface area (Å²) in [6.45, 7) is 2.22. The molecule has 0 aromatic heterocycles. The Hall–Kier alpha value is -0.470. The highest BCUT2D eigenvalue weighted by molar-refractivity contribution is 7.99. The maximum absolute atomic E-state index is 3.73. The molecule has 1 aliphatic heterocycles. The van der Waals surface area contributed by atoms with E-state index in [4.69, 9.17) is 0 Å². The van der Waals surface area contributed by atoms with Gasteiger partial charge in [0.15, 0.2) is 0 Å². The first-order valence-electron chi connectivity index (χ1n) is 5.80. The molecule has 3 rings (SSSR count). The van der Waals surface area contributed by atoms with Gasteiger partial charge in [-0.15, -0.1) is 11.8 Å². The number of rotatable bonds is 2. The summed E-state index contributed by atoms with van der Waals surface area (Å²) in [4.78, 5) is 1.53. The number of fused-ring (bicyclic) bond motifs is 1. The third-order valence-corrected chi connectivity index (χ3v) is 4.68. The van der Waals surface area contributed by atoms with Crippen LogP contribution in [0.4, 0.5) is 0 Å². The third-order valence-electron chi connectivity index (χ3n) is 3.24. The summed E-state index contributed by atoms with van der Waals surface area (Å²) in [7, 11) is 0.